The number of amides is 1. The fraction of sp³-hybridized carbons (Fsp3) is 0.571. The minimum Gasteiger partial charge on any atom is -0.372 e. The number of carbonyl (C=O) groups excluding carboxylic acids is 1. The van der Waals surface area contributed by atoms with Crippen molar-refractivity contribution in [2.24, 2.45) is 5.92 Å². The van der Waals surface area contributed by atoms with Gasteiger partial charge < -0.3 is 15.0 Å². The first-order valence-electron chi connectivity index (χ1n) is 9.76. The van der Waals surface area contributed by atoms with Crippen molar-refractivity contribution in [3.63, 3.8) is 0 Å². The summed E-state index contributed by atoms with van der Waals surface area (Å²) < 4.78 is 5.85. The molecule has 7 heteroatoms. The molecule has 3 rings (SSSR count). The zero-order valence-electron chi connectivity index (χ0n) is 17.6. The van der Waals surface area contributed by atoms with Gasteiger partial charge in [-0.2, -0.15) is 0 Å². The lowest BCUT2D eigenvalue weighted by Crippen LogP contribution is -2.48. The van der Waals surface area contributed by atoms with E-state index in [0.717, 1.165) is 45.7 Å². The molecule has 152 valence electrons. The maximum Gasteiger partial charge on any atom is 0.222 e. The van der Waals surface area contributed by atoms with E-state index >= 15 is 0 Å². The highest BCUT2D eigenvalue weighted by atomic mass is 32.1. The minimum absolute atomic E-state index is 0.0371. The van der Waals surface area contributed by atoms with Crippen LogP contribution in [-0.2, 0) is 16.1 Å². The molecule has 1 fully saturated rings. The second kappa shape index (κ2) is 8.17. The fourth-order valence-corrected chi connectivity index (χ4v) is 4.43. The molecule has 0 atom stereocenters. The lowest BCUT2D eigenvalue weighted by atomic mass is 10.1. The summed E-state index contributed by atoms with van der Waals surface area (Å²) in [6, 6.07) is 4.17. The van der Waals surface area contributed by atoms with Crippen LogP contribution in [-0.4, -0.2) is 41.2 Å². The van der Waals surface area contributed by atoms with Crippen molar-refractivity contribution < 1.29 is 9.53 Å². The zero-order valence-corrected chi connectivity index (χ0v) is 18.4. The van der Waals surface area contributed by atoms with Gasteiger partial charge in [-0.25, -0.2) is 4.98 Å². The van der Waals surface area contributed by atoms with E-state index in [-0.39, 0.29) is 17.4 Å². The lowest BCUT2D eigenvalue weighted by Gasteiger charge is -2.38. The van der Waals surface area contributed by atoms with Gasteiger partial charge in [0.2, 0.25) is 5.91 Å². The van der Waals surface area contributed by atoms with Crippen LogP contribution in [0, 0.1) is 19.8 Å². The van der Waals surface area contributed by atoms with Crippen LogP contribution in [0.25, 0.3) is 10.4 Å². The molecule has 1 aliphatic heterocycles. The Balaban J connectivity index is 1.95. The molecule has 0 aliphatic carbocycles. The number of carbonyl (C=O) groups is 1. The largest absolute Gasteiger partial charge is 0.372 e. The summed E-state index contributed by atoms with van der Waals surface area (Å²) in [4.78, 5) is 24.9. The molecule has 6 nitrogen and oxygen atoms in total. The van der Waals surface area contributed by atoms with Crippen molar-refractivity contribution in [2.45, 2.75) is 53.7 Å². The van der Waals surface area contributed by atoms with Crippen LogP contribution in [0.4, 0.5) is 5.13 Å². The van der Waals surface area contributed by atoms with Crippen LogP contribution < -0.4 is 10.2 Å². The number of pyridine rings is 1. The minimum atomic E-state index is -0.194. The predicted molar refractivity (Wildman–Crippen MR) is 114 cm³/mol. The Morgan fingerprint density at radius 1 is 1.29 bits per heavy atom. The van der Waals surface area contributed by atoms with Crippen LogP contribution in [0.5, 0.6) is 0 Å². The van der Waals surface area contributed by atoms with Crippen molar-refractivity contribution >= 4 is 22.4 Å². The first-order valence-corrected chi connectivity index (χ1v) is 10.6. The summed E-state index contributed by atoms with van der Waals surface area (Å²) in [6.07, 6.45) is 0. The molecule has 3 heterocycles. The number of hydrogen-bond donors (Lipinski definition) is 1. The second-order valence-corrected chi connectivity index (χ2v) is 9.29. The van der Waals surface area contributed by atoms with Crippen LogP contribution in [0.3, 0.4) is 0 Å². The standard InChI is InChI=1S/C21H30N4O2S/c1-13(2)19(26)22-11-17-18(16-9-14(3)23-15(4)10-16)28-20(24-17)25-7-8-27-21(5,6)12-25/h9-10,13H,7-8,11-12H2,1-6H3,(H,22,26). The molecular formula is C21H30N4O2S. The Labute approximate surface area is 171 Å². The van der Waals surface area contributed by atoms with E-state index < -0.39 is 0 Å². The SMILES string of the molecule is Cc1cc(-c2sc(N3CCOC(C)(C)C3)nc2CNC(=O)C(C)C)cc(C)n1. The molecule has 0 saturated carbocycles. The summed E-state index contributed by atoms with van der Waals surface area (Å²) in [6.45, 7) is 14.7. The first kappa shape index (κ1) is 20.7. The highest BCUT2D eigenvalue weighted by Gasteiger charge is 2.29. The van der Waals surface area contributed by atoms with E-state index in [1.54, 1.807) is 11.3 Å². The van der Waals surface area contributed by atoms with Crippen molar-refractivity contribution in [2.75, 3.05) is 24.6 Å². The van der Waals surface area contributed by atoms with Gasteiger partial charge in [0, 0.05) is 30.4 Å². The predicted octanol–water partition coefficient (Wildman–Crippen LogP) is 3.71. The maximum atomic E-state index is 12.1. The zero-order chi connectivity index (χ0) is 20.5. The molecule has 28 heavy (non-hydrogen) atoms. The summed E-state index contributed by atoms with van der Waals surface area (Å²) >= 11 is 1.68. The molecule has 1 saturated heterocycles. The van der Waals surface area contributed by atoms with Crippen molar-refractivity contribution in [1.82, 2.24) is 15.3 Å². The number of morpholine rings is 1. The number of aryl methyl sites for hydroxylation is 2. The summed E-state index contributed by atoms with van der Waals surface area (Å²) in [5, 5.41) is 4.00. The topological polar surface area (TPSA) is 67.3 Å². The van der Waals surface area contributed by atoms with Crippen LogP contribution in [0.2, 0.25) is 0 Å². The van der Waals surface area contributed by atoms with E-state index in [1.165, 1.54) is 0 Å². The Morgan fingerprint density at radius 2 is 1.96 bits per heavy atom. The van der Waals surface area contributed by atoms with Gasteiger partial charge in [-0.3, -0.25) is 9.78 Å². The summed E-state index contributed by atoms with van der Waals surface area (Å²) in [7, 11) is 0. The summed E-state index contributed by atoms with van der Waals surface area (Å²) in [5.74, 6) is -0.0119. The van der Waals surface area contributed by atoms with Gasteiger partial charge in [0.25, 0.3) is 0 Å². The fourth-order valence-electron chi connectivity index (χ4n) is 3.34. The molecule has 2 aromatic heterocycles. The molecule has 0 radical (unpaired) electrons. The Bertz CT molecular complexity index is 840. The third kappa shape index (κ3) is 4.89. The third-order valence-corrected chi connectivity index (χ3v) is 5.89. The van der Waals surface area contributed by atoms with E-state index in [4.69, 9.17) is 9.72 Å². The highest BCUT2D eigenvalue weighted by Crippen LogP contribution is 2.37. The van der Waals surface area contributed by atoms with Gasteiger partial charge in [0.05, 0.1) is 29.3 Å². The van der Waals surface area contributed by atoms with Gasteiger partial charge in [0.1, 0.15) is 0 Å². The van der Waals surface area contributed by atoms with E-state index in [9.17, 15) is 4.79 Å². The number of aromatic nitrogens is 2. The van der Waals surface area contributed by atoms with Crippen molar-refractivity contribution in [1.29, 1.82) is 0 Å². The Kier molecular flexibility index (Phi) is 6.05. The monoisotopic (exact) mass is 402 g/mol. The maximum absolute atomic E-state index is 12.1. The molecule has 2 aromatic rings. The van der Waals surface area contributed by atoms with Crippen molar-refractivity contribution in [3.8, 4) is 10.4 Å². The smallest absolute Gasteiger partial charge is 0.222 e. The Morgan fingerprint density at radius 3 is 2.57 bits per heavy atom. The molecular weight excluding hydrogens is 372 g/mol. The quantitative estimate of drug-likeness (QED) is 0.826. The van der Waals surface area contributed by atoms with Gasteiger partial charge in [0.15, 0.2) is 5.13 Å². The molecule has 0 bridgehead atoms. The lowest BCUT2D eigenvalue weighted by molar-refractivity contribution is -0.124. The van der Waals surface area contributed by atoms with Gasteiger partial charge >= 0.3 is 0 Å². The van der Waals surface area contributed by atoms with Crippen molar-refractivity contribution in [3.05, 3.63) is 29.2 Å². The van der Waals surface area contributed by atoms with Crippen LogP contribution >= 0.6 is 11.3 Å². The normalized spacial score (nSPS) is 16.5. The third-order valence-electron chi connectivity index (χ3n) is 4.68. The van der Waals surface area contributed by atoms with E-state index in [1.807, 2.05) is 27.7 Å². The van der Waals surface area contributed by atoms with Crippen LogP contribution in [0.1, 0.15) is 44.8 Å². The number of nitrogens with zero attached hydrogens (tertiary/aromatic N) is 3. The number of rotatable bonds is 5. The molecule has 0 spiro atoms. The van der Waals surface area contributed by atoms with Gasteiger partial charge in [-0.15, -0.1) is 0 Å². The van der Waals surface area contributed by atoms with Gasteiger partial charge in [-0.05, 0) is 45.4 Å². The Hall–Kier alpha value is -1.99. The molecule has 1 aliphatic rings. The van der Waals surface area contributed by atoms with Gasteiger partial charge in [-0.1, -0.05) is 25.2 Å². The average Bonchev–Trinajstić information content (AvgIpc) is 3.02. The highest BCUT2D eigenvalue weighted by molar-refractivity contribution is 7.19. The number of hydrogen-bond acceptors (Lipinski definition) is 6. The molecule has 0 aromatic carbocycles. The number of anilines is 1. The molecule has 1 amide bonds. The molecule has 0 unspecified atom stereocenters. The second-order valence-electron chi connectivity index (χ2n) is 8.31. The van der Waals surface area contributed by atoms with E-state index in [2.05, 4.69) is 41.2 Å². The average molecular weight is 403 g/mol. The van der Waals surface area contributed by atoms with Crippen LogP contribution in [0.15, 0.2) is 12.1 Å². The molecule has 1 N–H and O–H groups in total. The first-order chi connectivity index (χ1) is 13.1. The van der Waals surface area contributed by atoms with E-state index in [0.29, 0.717) is 13.2 Å². The number of thiazole rings is 1. The number of ether oxygens (including phenoxy) is 1. The number of nitrogens with one attached hydrogen (secondary N) is 1. The summed E-state index contributed by atoms with van der Waals surface area (Å²) in [5.41, 5.74) is 3.78.